The van der Waals surface area contributed by atoms with Crippen molar-refractivity contribution in [1.82, 2.24) is 0 Å². The molecule has 0 aliphatic rings. The van der Waals surface area contributed by atoms with Crippen molar-refractivity contribution in [2.75, 3.05) is 21.3 Å². The zero-order valence-corrected chi connectivity index (χ0v) is 17.8. The highest BCUT2D eigenvalue weighted by molar-refractivity contribution is 14.1. The summed E-state index contributed by atoms with van der Waals surface area (Å²) >= 11 is 1.81. The maximum atomic E-state index is 8.89. The topological polar surface area (TPSA) is 112 Å². The van der Waals surface area contributed by atoms with E-state index in [0.717, 1.165) is 32.7 Å². The van der Waals surface area contributed by atoms with Crippen molar-refractivity contribution in [3.05, 3.63) is 45.8 Å². The van der Waals surface area contributed by atoms with Gasteiger partial charge >= 0.3 is 0 Å². The van der Waals surface area contributed by atoms with Crippen molar-refractivity contribution in [1.29, 1.82) is 0 Å². The first kappa shape index (κ1) is 20.1. The smallest absolute Gasteiger partial charge is 0.192 e. The summed E-state index contributed by atoms with van der Waals surface area (Å²) in [5.74, 6) is 2.34. The van der Waals surface area contributed by atoms with Crippen LogP contribution in [0.4, 0.5) is 0 Å². The van der Waals surface area contributed by atoms with Gasteiger partial charge in [-0.1, -0.05) is 5.11 Å². The van der Waals surface area contributed by atoms with Crippen LogP contribution in [0.3, 0.4) is 0 Å². The molecule has 146 valence electrons. The number of azide groups is 1. The van der Waals surface area contributed by atoms with Crippen LogP contribution in [0.1, 0.15) is 11.1 Å². The lowest BCUT2D eigenvalue weighted by atomic mass is 9.91. The van der Waals surface area contributed by atoms with Crippen LogP contribution in [0.2, 0.25) is 0 Å². The summed E-state index contributed by atoms with van der Waals surface area (Å²) in [5, 5.41) is 7.36. The summed E-state index contributed by atoms with van der Waals surface area (Å²) < 4.78 is 21.8. The van der Waals surface area contributed by atoms with Crippen molar-refractivity contribution in [3.8, 4) is 23.0 Å². The van der Waals surface area contributed by atoms with E-state index < -0.39 is 0 Å². The number of halogens is 1. The Kier molecular flexibility index (Phi) is 6.18. The van der Waals surface area contributed by atoms with Crippen LogP contribution >= 0.6 is 23.0 Å². The van der Waals surface area contributed by atoms with Gasteiger partial charge in [-0.25, -0.2) is 0 Å². The summed E-state index contributed by atoms with van der Waals surface area (Å²) in [6, 6.07) is 7.54. The number of nitrogens with two attached hydrogens (primary N) is 1. The number of hydrogen-bond donors (Lipinski definition) is 1. The van der Waals surface area contributed by atoms with Crippen molar-refractivity contribution in [2.24, 2.45) is 10.8 Å². The van der Waals surface area contributed by atoms with E-state index in [2.05, 4.69) is 10.0 Å². The molecular weight excluding hydrogens is 475 g/mol. The number of hydrogen-bond acceptors (Lipinski definition) is 6. The second kappa shape index (κ2) is 8.59. The fourth-order valence-electron chi connectivity index (χ4n) is 3.44. The van der Waals surface area contributed by atoms with E-state index in [1.807, 2.05) is 47.3 Å². The Hall–Kier alpha value is -2.62. The molecule has 0 saturated carbocycles. The number of benzene rings is 3. The Morgan fingerprint density at radius 3 is 1.68 bits per heavy atom. The molecule has 28 heavy (non-hydrogen) atoms. The number of fused-ring (bicyclic) bond motifs is 2. The van der Waals surface area contributed by atoms with Crippen LogP contribution in [0, 0.1) is 0 Å². The van der Waals surface area contributed by atoms with Gasteiger partial charge in [0.25, 0.3) is 0 Å². The molecule has 0 atom stereocenters. The van der Waals surface area contributed by atoms with Crippen LogP contribution < -0.4 is 23.0 Å². The van der Waals surface area contributed by atoms with Crippen molar-refractivity contribution < 1.29 is 17.3 Å². The minimum Gasteiger partial charge on any atom is -0.493 e. The maximum absolute atomic E-state index is 8.89. The fraction of sp³-hybridized carbons (Fsp3) is 0.263. The van der Waals surface area contributed by atoms with Gasteiger partial charge in [-0.15, -0.1) is 0 Å². The SMILES string of the molecule is COc1cc2c(CN)c3cc(OC)c(OI)cc3c(CN=[N+]=[N-])c2cc1OC. The van der Waals surface area contributed by atoms with Gasteiger partial charge in [0.2, 0.25) is 0 Å². The molecule has 9 heteroatoms. The molecule has 0 aliphatic carbocycles. The molecule has 0 saturated heterocycles. The summed E-state index contributed by atoms with van der Waals surface area (Å²) in [6.07, 6.45) is 0. The molecule has 0 fully saturated rings. The third kappa shape index (κ3) is 3.32. The molecule has 2 N–H and O–H groups in total. The van der Waals surface area contributed by atoms with Gasteiger partial charge in [0.05, 0.1) is 27.9 Å². The lowest BCUT2D eigenvalue weighted by Crippen LogP contribution is -2.03. The molecule has 0 bridgehead atoms. The van der Waals surface area contributed by atoms with Crippen LogP contribution in [-0.4, -0.2) is 21.3 Å². The average Bonchev–Trinajstić information content (AvgIpc) is 2.74. The predicted octanol–water partition coefficient (Wildman–Crippen LogP) is 5.02. The van der Waals surface area contributed by atoms with Gasteiger partial charge in [0.15, 0.2) is 46.0 Å². The predicted molar refractivity (Wildman–Crippen MR) is 116 cm³/mol. The molecule has 3 aromatic carbocycles. The highest BCUT2D eigenvalue weighted by Gasteiger charge is 2.19. The van der Waals surface area contributed by atoms with Gasteiger partial charge in [-0.05, 0) is 62.5 Å². The first-order valence-corrected chi connectivity index (χ1v) is 9.22. The van der Waals surface area contributed by atoms with E-state index >= 15 is 0 Å². The van der Waals surface area contributed by atoms with Gasteiger partial charge in [-0.3, -0.25) is 0 Å². The summed E-state index contributed by atoms with van der Waals surface area (Å²) in [5.41, 5.74) is 16.8. The molecule has 0 aromatic heterocycles. The Morgan fingerprint density at radius 1 is 0.857 bits per heavy atom. The molecule has 0 spiro atoms. The quantitative estimate of drug-likeness (QED) is 0.163. The normalized spacial score (nSPS) is 10.6. The first-order chi connectivity index (χ1) is 13.6. The Bertz CT molecular complexity index is 1020. The second-order valence-electron chi connectivity index (χ2n) is 5.93. The first-order valence-electron chi connectivity index (χ1n) is 8.34. The highest BCUT2D eigenvalue weighted by Crippen LogP contribution is 2.43. The molecular formula is C19H19IN4O4. The van der Waals surface area contributed by atoms with Crippen LogP contribution in [0.5, 0.6) is 23.0 Å². The Morgan fingerprint density at radius 2 is 1.29 bits per heavy atom. The number of nitrogens with zero attached hydrogens (tertiary/aromatic N) is 3. The molecule has 3 rings (SSSR count). The van der Waals surface area contributed by atoms with Crippen molar-refractivity contribution in [3.63, 3.8) is 0 Å². The number of ether oxygens (including phenoxy) is 3. The molecule has 0 radical (unpaired) electrons. The zero-order valence-electron chi connectivity index (χ0n) is 15.7. The lowest BCUT2D eigenvalue weighted by molar-refractivity contribution is 0.356. The van der Waals surface area contributed by atoms with Gasteiger partial charge in [0.1, 0.15) is 0 Å². The van der Waals surface area contributed by atoms with Crippen molar-refractivity contribution >= 4 is 44.6 Å². The molecule has 0 amide bonds. The van der Waals surface area contributed by atoms with Gasteiger partial charge < -0.3 is 23.0 Å². The van der Waals surface area contributed by atoms with E-state index in [1.165, 1.54) is 0 Å². The summed E-state index contributed by atoms with van der Waals surface area (Å²) in [7, 11) is 4.74. The zero-order chi connectivity index (χ0) is 20.3. The molecule has 0 unspecified atom stereocenters. The van der Waals surface area contributed by atoms with E-state index in [-0.39, 0.29) is 6.54 Å². The van der Waals surface area contributed by atoms with Crippen LogP contribution in [-0.2, 0) is 13.1 Å². The number of rotatable bonds is 7. The third-order valence-electron chi connectivity index (χ3n) is 4.71. The molecule has 3 aromatic rings. The molecule has 0 heterocycles. The Labute approximate surface area is 175 Å². The minimum absolute atomic E-state index is 0.164. The van der Waals surface area contributed by atoms with E-state index in [4.69, 9.17) is 28.5 Å². The van der Waals surface area contributed by atoms with E-state index in [9.17, 15) is 0 Å². The number of methoxy groups -OCH3 is 3. The monoisotopic (exact) mass is 494 g/mol. The Balaban J connectivity index is 2.56. The minimum atomic E-state index is 0.164. The van der Waals surface area contributed by atoms with Gasteiger partial charge in [0, 0.05) is 11.5 Å². The van der Waals surface area contributed by atoms with Crippen LogP contribution in [0.15, 0.2) is 29.4 Å². The maximum Gasteiger partial charge on any atom is 0.192 e. The van der Waals surface area contributed by atoms with E-state index in [1.54, 1.807) is 21.3 Å². The third-order valence-corrected chi connectivity index (χ3v) is 5.18. The van der Waals surface area contributed by atoms with Crippen LogP contribution in [0.25, 0.3) is 32.0 Å². The summed E-state index contributed by atoms with van der Waals surface area (Å²) in [6.45, 7) is 0.467. The summed E-state index contributed by atoms with van der Waals surface area (Å²) in [4.78, 5) is 2.93. The largest absolute Gasteiger partial charge is 0.493 e. The lowest BCUT2D eigenvalue weighted by Gasteiger charge is -2.19. The average molecular weight is 494 g/mol. The standard InChI is InChI=1S/C19H19IN4O4/c1-25-16-4-10-12(6-17(16)26-2)15(9-23-24-22)13-7-19(28-20)18(27-3)5-11(13)14(10)8-21/h4-7H,8-9,21H2,1-3H3. The van der Waals surface area contributed by atoms with E-state index in [0.29, 0.717) is 29.5 Å². The highest BCUT2D eigenvalue weighted by atomic mass is 127. The fourth-order valence-corrected chi connectivity index (χ4v) is 3.78. The van der Waals surface area contributed by atoms with Crippen molar-refractivity contribution in [2.45, 2.75) is 13.1 Å². The molecule has 8 nitrogen and oxygen atoms in total. The molecule has 0 aliphatic heterocycles. The second-order valence-corrected chi connectivity index (χ2v) is 6.37. The van der Waals surface area contributed by atoms with Gasteiger partial charge in [-0.2, -0.15) is 0 Å².